The van der Waals surface area contributed by atoms with Crippen molar-refractivity contribution in [1.29, 1.82) is 0 Å². The van der Waals surface area contributed by atoms with E-state index in [4.69, 9.17) is 38.3 Å². The first-order chi connectivity index (χ1) is 20.2. The number of halogens is 1. The van der Waals surface area contributed by atoms with Gasteiger partial charge in [0.05, 0.1) is 25.1 Å². The first-order valence-corrected chi connectivity index (χ1v) is 14.5. The summed E-state index contributed by atoms with van der Waals surface area (Å²) in [6.45, 7) is 6.44. The zero-order valence-electron chi connectivity index (χ0n) is 24.3. The van der Waals surface area contributed by atoms with Gasteiger partial charge in [-0.15, -0.1) is 0 Å². The van der Waals surface area contributed by atoms with Crippen LogP contribution in [-0.2, 0) is 41.8 Å². The standard InChI is InChI=1S/C23H35FN5O13P/c1-7-34-18-15-17(27-20(25)28-18)29(9-26-15)19-14(6)16(30)23(24,42-19)8-37-43(33,38-10-35-21(31)40-12(2)3)39-11-36-22(32)41-13(4)5/h9,12-14,16,19,30H,7-8,10-11H2,1-6H3,(H2,25,27,28)/t14-,16-,19+,23+/m0/s1. The highest BCUT2D eigenvalue weighted by Gasteiger charge is 2.56. The van der Waals surface area contributed by atoms with Crippen molar-refractivity contribution in [3.63, 3.8) is 0 Å². The summed E-state index contributed by atoms with van der Waals surface area (Å²) in [5.41, 5.74) is 6.14. The quantitative estimate of drug-likeness (QED) is 0.172. The van der Waals surface area contributed by atoms with Gasteiger partial charge in [0.1, 0.15) is 18.9 Å². The summed E-state index contributed by atoms with van der Waals surface area (Å²) in [6, 6.07) is 0. The lowest BCUT2D eigenvalue weighted by atomic mass is 10.0. The van der Waals surface area contributed by atoms with E-state index in [2.05, 4.69) is 24.4 Å². The number of fused-ring (bicyclic) bond motifs is 1. The molecule has 0 aromatic carbocycles. The van der Waals surface area contributed by atoms with Crippen LogP contribution in [0.3, 0.4) is 0 Å². The Morgan fingerprint density at radius 1 is 1.12 bits per heavy atom. The fourth-order valence-electron chi connectivity index (χ4n) is 3.70. The minimum absolute atomic E-state index is 0.0963. The van der Waals surface area contributed by atoms with Gasteiger partial charge in [0.25, 0.3) is 5.85 Å². The lowest BCUT2D eigenvalue weighted by Crippen LogP contribution is -2.40. The van der Waals surface area contributed by atoms with Crippen molar-refractivity contribution < 1.29 is 65.6 Å². The third-order valence-electron chi connectivity index (χ3n) is 5.53. The number of aliphatic hydroxyl groups is 1. The molecule has 0 unspecified atom stereocenters. The number of ether oxygens (including phenoxy) is 6. The Balaban J connectivity index is 1.75. The fourth-order valence-corrected chi connectivity index (χ4v) is 4.62. The van der Waals surface area contributed by atoms with Gasteiger partial charge in [-0.05, 0) is 34.6 Å². The first-order valence-electron chi connectivity index (χ1n) is 13.1. The van der Waals surface area contributed by atoms with Crippen LogP contribution in [0.1, 0.15) is 47.8 Å². The minimum Gasteiger partial charge on any atom is -0.476 e. The summed E-state index contributed by atoms with van der Waals surface area (Å²) in [7, 11) is -4.85. The highest BCUT2D eigenvalue weighted by Crippen LogP contribution is 2.52. The molecule has 3 N–H and O–H groups in total. The highest BCUT2D eigenvalue weighted by atomic mass is 31.2. The number of alkyl halides is 1. The molecule has 4 atom stereocenters. The number of rotatable bonds is 14. The summed E-state index contributed by atoms with van der Waals surface area (Å²) in [6.07, 6.45) is -5.18. The van der Waals surface area contributed by atoms with Gasteiger partial charge in [0.15, 0.2) is 11.2 Å². The molecule has 1 aliphatic heterocycles. The van der Waals surface area contributed by atoms with Crippen molar-refractivity contribution in [3.05, 3.63) is 6.33 Å². The zero-order chi connectivity index (χ0) is 31.9. The fraction of sp³-hybridized carbons (Fsp3) is 0.696. The number of nitrogens with two attached hydrogens (primary N) is 1. The van der Waals surface area contributed by atoms with Gasteiger partial charge in [-0.25, -0.2) is 32.6 Å². The number of hydrogen-bond acceptors (Lipinski definition) is 17. The molecular weight excluding hydrogens is 604 g/mol. The van der Waals surface area contributed by atoms with E-state index in [-0.39, 0.29) is 29.6 Å². The molecule has 0 radical (unpaired) electrons. The third kappa shape index (κ3) is 8.84. The van der Waals surface area contributed by atoms with Crippen LogP contribution in [0.25, 0.3) is 11.2 Å². The van der Waals surface area contributed by atoms with Crippen LogP contribution in [0.4, 0.5) is 19.9 Å². The van der Waals surface area contributed by atoms with Gasteiger partial charge in [-0.1, -0.05) is 6.92 Å². The smallest absolute Gasteiger partial charge is 0.476 e. The lowest BCUT2D eigenvalue weighted by Gasteiger charge is -2.25. The van der Waals surface area contributed by atoms with Crippen LogP contribution in [0, 0.1) is 5.92 Å². The van der Waals surface area contributed by atoms with Crippen LogP contribution >= 0.6 is 7.82 Å². The number of aromatic nitrogens is 4. The number of imidazole rings is 1. The van der Waals surface area contributed by atoms with E-state index in [1.165, 1.54) is 17.8 Å². The Morgan fingerprint density at radius 2 is 1.70 bits per heavy atom. The molecule has 3 heterocycles. The number of nitrogens with zero attached hydrogens (tertiary/aromatic N) is 4. The molecule has 1 fully saturated rings. The van der Waals surface area contributed by atoms with Crippen molar-refractivity contribution >= 4 is 37.2 Å². The first kappa shape index (κ1) is 34.1. The topological polar surface area (TPSA) is 224 Å². The maximum absolute atomic E-state index is 16.0. The van der Waals surface area contributed by atoms with Crippen molar-refractivity contribution in [2.24, 2.45) is 5.92 Å². The predicted molar refractivity (Wildman–Crippen MR) is 141 cm³/mol. The maximum Gasteiger partial charge on any atom is 0.510 e. The molecule has 0 saturated carbocycles. The van der Waals surface area contributed by atoms with Gasteiger partial charge in [-0.2, -0.15) is 9.97 Å². The van der Waals surface area contributed by atoms with Crippen LogP contribution in [0.2, 0.25) is 0 Å². The summed E-state index contributed by atoms with van der Waals surface area (Å²) >= 11 is 0. The molecule has 43 heavy (non-hydrogen) atoms. The van der Waals surface area contributed by atoms with Crippen molar-refractivity contribution in [2.75, 3.05) is 32.5 Å². The van der Waals surface area contributed by atoms with Crippen LogP contribution in [0.15, 0.2) is 6.33 Å². The molecule has 1 saturated heterocycles. The summed E-state index contributed by atoms with van der Waals surface area (Å²) in [5, 5.41) is 10.8. The average Bonchev–Trinajstić information content (AvgIpc) is 3.41. The Morgan fingerprint density at radius 3 is 2.23 bits per heavy atom. The maximum atomic E-state index is 16.0. The molecule has 0 aliphatic carbocycles. The number of aliphatic hydroxyl groups excluding tert-OH is 1. The van der Waals surface area contributed by atoms with Gasteiger partial charge < -0.3 is 39.3 Å². The number of phosphoric ester groups is 1. The number of phosphoric acid groups is 1. The van der Waals surface area contributed by atoms with Crippen molar-refractivity contribution in [3.8, 4) is 5.88 Å². The highest BCUT2D eigenvalue weighted by molar-refractivity contribution is 7.48. The molecule has 0 spiro atoms. The molecular formula is C23H35FN5O13P. The second kappa shape index (κ2) is 14.4. The molecule has 18 nitrogen and oxygen atoms in total. The lowest BCUT2D eigenvalue weighted by molar-refractivity contribution is -0.205. The number of hydrogen-bond donors (Lipinski definition) is 2. The predicted octanol–water partition coefficient (Wildman–Crippen LogP) is 3.19. The molecule has 3 rings (SSSR count). The molecule has 20 heteroatoms. The van der Waals surface area contributed by atoms with Gasteiger partial charge in [0, 0.05) is 5.92 Å². The van der Waals surface area contributed by atoms with Gasteiger partial charge in [-0.3, -0.25) is 9.09 Å². The summed E-state index contributed by atoms with van der Waals surface area (Å²) in [4.78, 5) is 35.6. The van der Waals surface area contributed by atoms with Crippen LogP contribution in [-0.4, -0.2) is 87.9 Å². The Bertz CT molecular complexity index is 1280. The van der Waals surface area contributed by atoms with Crippen LogP contribution < -0.4 is 10.5 Å². The normalized spacial score (nSPS) is 22.2. The number of anilines is 1. The minimum atomic E-state index is -4.85. The molecule has 242 valence electrons. The van der Waals surface area contributed by atoms with E-state index >= 15 is 4.39 Å². The van der Waals surface area contributed by atoms with E-state index in [0.29, 0.717) is 0 Å². The van der Waals surface area contributed by atoms with E-state index < -0.39 is 76.6 Å². The molecule has 0 bridgehead atoms. The van der Waals surface area contributed by atoms with Gasteiger partial charge in [0.2, 0.25) is 25.4 Å². The number of carbonyl (C=O) groups excluding carboxylic acids is 2. The monoisotopic (exact) mass is 639 g/mol. The van der Waals surface area contributed by atoms with E-state index in [9.17, 15) is 19.3 Å². The molecule has 2 aromatic heterocycles. The number of carbonyl (C=O) groups is 2. The average molecular weight is 640 g/mol. The summed E-state index contributed by atoms with van der Waals surface area (Å²) in [5.74, 6) is -3.98. The number of nitrogen functional groups attached to an aromatic ring is 1. The van der Waals surface area contributed by atoms with Gasteiger partial charge >= 0.3 is 20.1 Å². The SMILES string of the molecule is CCOc1nc(N)nc2c1ncn2[C@@H]1O[C@](F)(COP(=O)(OCOC(=O)OC(C)C)OCOC(=O)OC(C)C)[C@@H](O)[C@@H]1C. The molecule has 1 aliphatic rings. The second-order valence-corrected chi connectivity index (χ2v) is 11.2. The second-order valence-electron chi connectivity index (χ2n) is 9.58. The Hall–Kier alpha value is -3.35. The third-order valence-corrected chi connectivity index (χ3v) is 6.82. The zero-order valence-corrected chi connectivity index (χ0v) is 25.2. The Labute approximate surface area is 245 Å². The van der Waals surface area contributed by atoms with E-state index in [1.54, 1.807) is 34.6 Å². The van der Waals surface area contributed by atoms with Crippen molar-refractivity contribution in [2.45, 2.75) is 71.9 Å². The largest absolute Gasteiger partial charge is 0.510 e. The van der Waals surface area contributed by atoms with Crippen LogP contribution in [0.5, 0.6) is 5.88 Å². The molecule has 0 amide bonds. The summed E-state index contributed by atoms with van der Waals surface area (Å²) < 4.78 is 75.3. The molecule has 2 aromatic rings. The van der Waals surface area contributed by atoms with E-state index in [0.717, 1.165) is 0 Å². The Kier molecular flexibility index (Phi) is 11.4. The van der Waals surface area contributed by atoms with E-state index in [1.807, 2.05) is 0 Å². The van der Waals surface area contributed by atoms with Crippen molar-refractivity contribution in [1.82, 2.24) is 19.5 Å².